The molecule has 0 radical (unpaired) electrons. The van der Waals surface area contributed by atoms with Crippen LogP contribution in [0.25, 0.3) is 0 Å². The molecule has 3 aliphatic carbocycles. The lowest BCUT2D eigenvalue weighted by atomic mass is 9.35. The molecule has 4 aliphatic rings. The van der Waals surface area contributed by atoms with Crippen LogP contribution in [-0.2, 0) is 0 Å². The smallest absolute Gasteiger partial charge is 0.112 e. The Labute approximate surface area is 173 Å². The minimum absolute atomic E-state index is 0.0307. The maximum atomic E-state index is 9.53. The van der Waals surface area contributed by atoms with Gasteiger partial charge >= 0.3 is 0 Å². The van der Waals surface area contributed by atoms with E-state index in [1.807, 2.05) is 12.1 Å². The summed E-state index contributed by atoms with van der Waals surface area (Å²) in [6.07, 6.45) is 3.44. The molecule has 142 valence electrons. The van der Waals surface area contributed by atoms with Crippen molar-refractivity contribution in [2.45, 2.75) is 31.7 Å². The van der Waals surface area contributed by atoms with Crippen molar-refractivity contribution in [1.82, 2.24) is 4.90 Å². The number of hydrogen-bond donors (Lipinski definition) is 1. The molecule has 2 aromatic carbocycles. The SMILES string of the molecule is N#CC12CC(C3=Nc4ccc(Br)cc4C(c4ccccc4)N3CCCO)(C1)C2. The van der Waals surface area contributed by atoms with Gasteiger partial charge in [-0.05, 0) is 49.4 Å². The first-order valence-corrected chi connectivity index (χ1v) is 10.6. The van der Waals surface area contributed by atoms with Crippen LogP contribution < -0.4 is 0 Å². The fourth-order valence-electron chi connectivity index (χ4n) is 5.35. The highest BCUT2D eigenvalue weighted by Gasteiger charge is 2.72. The molecule has 4 nitrogen and oxygen atoms in total. The predicted molar refractivity (Wildman–Crippen MR) is 112 cm³/mol. The largest absolute Gasteiger partial charge is 0.396 e. The normalized spacial score (nSPS) is 29.8. The van der Waals surface area contributed by atoms with E-state index < -0.39 is 0 Å². The molecular formula is C23H22BrN3O. The fourth-order valence-corrected chi connectivity index (χ4v) is 5.73. The van der Waals surface area contributed by atoms with E-state index in [4.69, 9.17) is 4.99 Å². The third-order valence-electron chi connectivity index (χ3n) is 6.51. The third kappa shape index (κ3) is 2.55. The van der Waals surface area contributed by atoms with Crippen LogP contribution in [0.3, 0.4) is 0 Å². The van der Waals surface area contributed by atoms with Crippen LogP contribution in [-0.4, -0.2) is 29.0 Å². The fraction of sp³-hybridized carbons (Fsp3) is 0.391. The van der Waals surface area contributed by atoms with Gasteiger partial charge in [-0.15, -0.1) is 0 Å². The molecule has 1 unspecified atom stereocenters. The maximum absolute atomic E-state index is 9.53. The lowest BCUT2D eigenvalue weighted by Gasteiger charge is -2.68. The lowest BCUT2D eigenvalue weighted by molar-refractivity contribution is -0.114. The van der Waals surface area contributed by atoms with Crippen LogP contribution >= 0.6 is 15.9 Å². The van der Waals surface area contributed by atoms with E-state index in [2.05, 4.69) is 63.3 Å². The summed E-state index contributed by atoms with van der Waals surface area (Å²) < 4.78 is 1.04. The summed E-state index contributed by atoms with van der Waals surface area (Å²) in [5, 5.41) is 19.0. The van der Waals surface area contributed by atoms with Crippen molar-refractivity contribution in [3.8, 4) is 6.07 Å². The van der Waals surface area contributed by atoms with Crippen molar-refractivity contribution in [3.05, 3.63) is 64.1 Å². The number of rotatable bonds is 5. The first-order valence-electron chi connectivity index (χ1n) is 9.82. The molecule has 0 aromatic heterocycles. The van der Waals surface area contributed by atoms with Crippen molar-refractivity contribution >= 4 is 27.5 Å². The van der Waals surface area contributed by atoms with Gasteiger partial charge in [0.25, 0.3) is 0 Å². The minimum atomic E-state index is -0.118. The third-order valence-corrected chi connectivity index (χ3v) is 7.00. The van der Waals surface area contributed by atoms with Gasteiger partial charge in [0.05, 0.1) is 23.2 Å². The highest BCUT2D eigenvalue weighted by atomic mass is 79.9. The summed E-state index contributed by atoms with van der Waals surface area (Å²) in [6.45, 7) is 0.911. The second-order valence-electron chi connectivity index (χ2n) is 8.43. The number of halogens is 1. The highest BCUT2D eigenvalue weighted by molar-refractivity contribution is 9.10. The molecule has 6 rings (SSSR count). The van der Waals surface area contributed by atoms with Gasteiger partial charge in [0.1, 0.15) is 5.84 Å². The van der Waals surface area contributed by atoms with Gasteiger partial charge in [-0.25, -0.2) is 4.99 Å². The van der Waals surface area contributed by atoms with Crippen LogP contribution in [0, 0.1) is 22.2 Å². The molecule has 1 heterocycles. The minimum Gasteiger partial charge on any atom is -0.396 e. The quantitative estimate of drug-likeness (QED) is 0.721. The molecule has 0 saturated heterocycles. The van der Waals surface area contributed by atoms with Crippen LogP contribution in [0.1, 0.15) is 42.9 Å². The first kappa shape index (κ1) is 17.9. The van der Waals surface area contributed by atoms with Gasteiger partial charge < -0.3 is 10.0 Å². The maximum Gasteiger partial charge on any atom is 0.112 e. The van der Waals surface area contributed by atoms with Crippen LogP contribution in [0.4, 0.5) is 5.69 Å². The Morgan fingerprint density at radius 2 is 1.93 bits per heavy atom. The molecule has 0 amide bonds. The number of benzene rings is 2. The average Bonchev–Trinajstić information content (AvgIpc) is 2.65. The molecule has 1 atom stereocenters. The molecule has 3 saturated carbocycles. The number of aliphatic imine (C=N–C) groups is 1. The molecule has 1 aliphatic heterocycles. The standard InChI is InChI=1S/C23H22BrN3O/c24-17-7-8-19-18(11-17)20(16-5-2-1-3-6-16)27(9-4-10-28)21(26-19)23-12-22(13-23,14-23)15-25/h1-3,5-8,11,20,28H,4,9-10,12-14H2. The molecule has 2 bridgehead atoms. The summed E-state index contributed by atoms with van der Waals surface area (Å²) in [6, 6.07) is 19.4. The van der Waals surface area contributed by atoms with Crippen molar-refractivity contribution in [2.24, 2.45) is 15.8 Å². The van der Waals surface area contributed by atoms with Gasteiger partial charge in [-0.1, -0.05) is 46.3 Å². The summed E-state index contributed by atoms with van der Waals surface area (Å²) >= 11 is 3.62. The summed E-state index contributed by atoms with van der Waals surface area (Å²) in [4.78, 5) is 7.51. The molecule has 3 fully saturated rings. The number of aliphatic hydroxyl groups excluding tert-OH is 1. The zero-order valence-corrected chi connectivity index (χ0v) is 17.2. The summed E-state index contributed by atoms with van der Waals surface area (Å²) in [7, 11) is 0. The van der Waals surface area contributed by atoms with Crippen LogP contribution in [0.15, 0.2) is 58.0 Å². The average molecular weight is 436 g/mol. The molecule has 5 heteroatoms. The van der Waals surface area contributed by atoms with Crippen molar-refractivity contribution in [1.29, 1.82) is 5.26 Å². The van der Waals surface area contributed by atoms with E-state index >= 15 is 0 Å². The summed E-state index contributed by atoms with van der Waals surface area (Å²) in [5.74, 6) is 1.11. The number of fused-ring (bicyclic) bond motifs is 1. The van der Waals surface area contributed by atoms with Gasteiger partial charge in [-0.3, -0.25) is 0 Å². The molecule has 2 aromatic rings. The van der Waals surface area contributed by atoms with Gasteiger partial charge in [0.2, 0.25) is 0 Å². The zero-order valence-electron chi connectivity index (χ0n) is 15.6. The predicted octanol–water partition coefficient (Wildman–Crippen LogP) is 4.96. The highest BCUT2D eigenvalue weighted by Crippen LogP contribution is 2.74. The number of nitrogens with zero attached hydrogens (tertiary/aromatic N) is 3. The van der Waals surface area contributed by atoms with Gasteiger partial charge in [0.15, 0.2) is 0 Å². The van der Waals surface area contributed by atoms with Crippen molar-refractivity contribution in [2.75, 3.05) is 13.2 Å². The van der Waals surface area contributed by atoms with Gasteiger partial charge in [0, 0.05) is 28.6 Å². The first-order chi connectivity index (χ1) is 13.6. The van der Waals surface area contributed by atoms with Crippen LogP contribution in [0.2, 0.25) is 0 Å². The Kier molecular flexibility index (Phi) is 4.12. The Balaban J connectivity index is 1.64. The van der Waals surface area contributed by atoms with E-state index in [0.29, 0.717) is 6.42 Å². The van der Waals surface area contributed by atoms with E-state index in [0.717, 1.165) is 41.8 Å². The van der Waals surface area contributed by atoms with E-state index in [1.165, 1.54) is 11.1 Å². The Hall–Kier alpha value is -2.16. The molecule has 1 N–H and O–H groups in total. The zero-order chi connectivity index (χ0) is 19.4. The topological polar surface area (TPSA) is 59.6 Å². The number of aliphatic hydroxyl groups is 1. The molecule has 28 heavy (non-hydrogen) atoms. The monoisotopic (exact) mass is 435 g/mol. The second-order valence-corrected chi connectivity index (χ2v) is 9.34. The molecule has 0 spiro atoms. The summed E-state index contributed by atoms with van der Waals surface area (Å²) in [5.41, 5.74) is 3.34. The molecular weight excluding hydrogens is 414 g/mol. The second kappa shape index (κ2) is 6.43. The van der Waals surface area contributed by atoms with E-state index in [-0.39, 0.29) is 23.5 Å². The van der Waals surface area contributed by atoms with E-state index in [9.17, 15) is 10.4 Å². The number of amidine groups is 1. The van der Waals surface area contributed by atoms with Crippen molar-refractivity contribution in [3.63, 3.8) is 0 Å². The Morgan fingerprint density at radius 1 is 1.18 bits per heavy atom. The van der Waals surface area contributed by atoms with Gasteiger partial charge in [-0.2, -0.15) is 5.26 Å². The number of hydrogen-bond acceptors (Lipinski definition) is 4. The number of nitriles is 1. The lowest BCUT2D eigenvalue weighted by Crippen LogP contribution is -2.68. The van der Waals surface area contributed by atoms with Crippen molar-refractivity contribution < 1.29 is 5.11 Å². The van der Waals surface area contributed by atoms with Crippen LogP contribution in [0.5, 0.6) is 0 Å². The Morgan fingerprint density at radius 3 is 2.61 bits per heavy atom. The van der Waals surface area contributed by atoms with E-state index in [1.54, 1.807) is 0 Å². The Bertz CT molecular complexity index is 975.